The van der Waals surface area contributed by atoms with E-state index in [2.05, 4.69) is 5.32 Å². The van der Waals surface area contributed by atoms with Crippen molar-refractivity contribution >= 4 is 46.4 Å². The number of likely N-dealkylation sites (N-methyl/N-ethyl adjacent to an activating group) is 1. The number of halogens is 4. The summed E-state index contributed by atoms with van der Waals surface area (Å²) in [5.41, 5.74) is 2.13. The van der Waals surface area contributed by atoms with Crippen LogP contribution in [0.1, 0.15) is 17.2 Å². The highest BCUT2D eigenvalue weighted by atomic mass is 35.5. The molecule has 1 unspecified atom stereocenters. The second kappa shape index (κ2) is 7.02. The van der Waals surface area contributed by atoms with Gasteiger partial charge >= 0.3 is 0 Å². The number of hydrogen-bond acceptors (Lipinski definition) is 1. The molecule has 20 heavy (non-hydrogen) atoms. The highest BCUT2D eigenvalue weighted by molar-refractivity contribution is 6.42. The first-order valence-corrected chi connectivity index (χ1v) is 7.58. The van der Waals surface area contributed by atoms with Crippen LogP contribution in [0.25, 0.3) is 0 Å². The standard InChI is InChI=1S/C15H13Cl4N/c1-20-15(10-6-11(16)8-12(17)7-10)5-9-2-3-13(18)14(19)4-9/h2-4,6-8,15,20H,5H2,1H3. The van der Waals surface area contributed by atoms with E-state index in [1.807, 2.05) is 31.3 Å². The van der Waals surface area contributed by atoms with Gasteiger partial charge in [0.2, 0.25) is 0 Å². The SMILES string of the molecule is CNC(Cc1ccc(Cl)c(Cl)c1)c1cc(Cl)cc(Cl)c1. The predicted octanol–water partition coefficient (Wildman–Crippen LogP) is 5.80. The summed E-state index contributed by atoms with van der Waals surface area (Å²) in [4.78, 5) is 0. The van der Waals surface area contributed by atoms with E-state index in [0.29, 0.717) is 20.1 Å². The van der Waals surface area contributed by atoms with Crippen molar-refractivity contribution in [1.29, 1.82) is 0 Å². The molecule has 0 aromatic heterocycles. The Kier molecular flexibility index (Phi) is 5.59. The highest BCUT2D eigenvalue weighted by Gasteiger charge is 2.12. The molecule has 2 rings (SSSR count). The van der Waals surface area contributed by atoms with Crippen LogP contribution in [0.3, 0.4) is 0 Å². The molecule has 2 aromatic carbocycles. The summed E-state index contributed by atoms with van der Waals surface area (Å²) in [7, 11) is 1.90. The lowest BCUT2D eigenvalue weighted by Gasteiger charge is -2.18. The van der Waals surface area contributed by atoms with Gasteiger partial charge in [-0.05, 0) is 54.9 Å². The normalized spacial score (nSPS) is 12.4. The van der Waals surface area contributed by atoms with Gasteiger partial charge in [0.25, 0.3) is 0 Å². The Balaban J connectivity index is 2.26. The summed E-state index contributed by atoms with van der Waals surface area (Å²) in [6.45, 7) is 0. The van der Waals surface area contributed by atoms with Crippen LogP contribution in [-0.2, 0) is 6.42 Å². The number of benzene rings is 2. The quantitative estimate of drug-likeness (QED) is 0.735. The summed E-state index contributed by atoms with van der Waals surface area (Å²) in [6, 6.07) is 11.3. The second-order valence-electron chi connectivity index (χ2n) is 4.50. The van der Waals surface area contributed by atoms with Gasteiger partial charge in [0, 0.05) is 16.1 Å². The van der Waals surface area contributed by atoms with Gasteiger partial charge in [0.05, 0.1) is 10.0 Å². The maximum Gasteiger partial charge on any atom is 0.0595 e. The van der Waals surface area contributed by atoms with E-state index in [-0.39, 0.29) is 6.04 Å². The second-order valence-corrected chi connectivity index (χ2v) is 6.18. The lowest BCUT2D eigenvalue weighted by atomic mass is 9.99. The fourth-order valence-electron chi connectivity index (χ4n) is 2.07. The highest BCUT2D eigenvalue weighted by Crippen LogP contribution is 2.28. The molecule has 1 nitrogen and oxygen atoms in total. The maximum atomic E-state index is 6.05. The van der Waals surface area contributed by atoms with Crippen molar-refractivity contribution < 1.29 is 0 Å². The summed E-state index contributed by atoms with van der Waals surface area (Å²) >= 11 is 24.1. The van der Waals surface area contributed by atoms with Crippen LogP contribution in [-0.4, -0.2) is 7.05 Å². The first-order chi connectivity index (χ1) is 9.49. The van der Waals surface area contributed by atoms with Gasteiger partial charge < -0.3 is 5.32 Å². The minimum absolute atomic E-state index is 0.100. The van der Waals surface area contributed by atoms with Crippen molar-refractivity contribution in [2.75, 3.05) is 7.05 Å². The van der Waals surface area contributed by atoms with Crippen molar-refractivity contribution in [1.82, 2.24) is 5.32 Å². The molecule has 0 aliphatic carbocycles. The number of nitrogens with one attached hydrogen (secondary N) is 1. The molecule has 0 aliphatic rings. The molecule has 0 saturated heterocycles. The van der Waals surface area contributed by atoms with Gasteiger partial charge in [-0.1, -0.05) is 52.5 Å². The Morgan fingerprint density at radius 3 is 2.10 bits per heavy atom. The smallest absolute Gasteiger partial charge is 0.0595 e. The minimum atomic E-state index is 0.100. The van der Waals surface area contributed by atoms with E-state index < -0.39 is 0 Å². The van der Waals surface area contributed by atoms with Crippen molar-refractivity contribution in [3.63, 3.8) is 0 Å². The Hall–Kier alpha value is -0.440. The topological polar surface area (TPSA) is 12.0 Å². The minimum Gasteiger partial charge on any atom is -0.313 e. The first kappa shape index (κ1) is 15.9. The van der Waals surface area contributed by atoms with Gasteiger partial charge in [-0.3, -0.25) is 0 Å². The Labute approximate surface area is 138 Å². The zero-order chi connectivity index (χ0) is 14.7. The van der Waals surface area contributed by atoms with Crippen molar-refractivity contribution in [3.8, 4) is 0 Å². The molecule has 0 saturated carbocycles. The molecule has 0 aliphatic heterocycles. The summed E-state index contributed by atoms with van der Waals surface area (Å²) in [5, 5.41) is 5.63. The molecule has 0 fully saturated rings. The van der Waals surface area contributed by atoms with E-state index in [9.17, 15) is 0 Å². The van der Waals surface area contributed by atoms with Crippen LogP contribution in [0.4, 0.5) is 0 Å². The Bertz CT molecular complexity index is 593. The van der Waals surface area contributed by atoms with Gasteiger partial charge in [-0.2, -0.15) is 0 Å². The molecule has 0 radical (unpaired) electrons. The van der Waals surface area contributed by atoms with E-state index in [1.54, 1.807) is 12.1 Å². The third-order valence-electron chi connectivity index (χ3n) is 3.06. The zero-order valence-corrected chi connectivity index (χ0v) is 13.8. The van der Waals surface area contributed by atoms with Gasteiger partial charge in [-0.15, -0.1) is 0 Å². The number of hydrogen-bond donors (Lipinski definition) is 1. The van der Waals surface area contributed by atoms with Crippen LogP contribution in [0.15, 0.2) is 36.4 Å². The summed E-state index contributed by atoms with van der Waals surface area (Å²) in [6.07, 6.45) is 0.768. The fraction of sp³-hybridized carbons (Fsp3) is 0.200. The average molecular weight is 349 g/mol. The molecule has 5 heteroatoms. The lowest BCUT2D eigenvalue weighted by Crippen LogP contribution is -2.18. The zero-order valence-electron chi connectivity index (χ0n) is 10.8. The van der Waals surface area contributed by atoms with E-state index in [4.69, 9.17) is 46.4 Å². The molecule has 0 spiro atoms. The third kappa shape index (κ3) is 4.03. The molecule has 2 aromatic rings. The molecule has 1 atom stereocenters. The molecular weight excluding hydrogens is 336 g/mol. The summed E-state index contributed by atoms with van der Waals surface area (Å²) in [5.74, 6) is 0. The predicted molar refractivity (Wildman–Crippen MR) is 88.4 cm³/mol. The van der Waals surface area contributed by atoms with Crippen LogP contribution < -0.4 is 5.32 Å². The van der Waals surface area contributed by atoms with E-state index in [0.717, 1.165) is 17.5 Å². The molecule has 0 amide bonds. The molecule has 106 valence electrons. The molecule has 1 N–H and O–H groups in total. The van der Waals surface area contributed by atoms with Gasteiger partial charge in [0.15, 0.2) is 0 Å². The van der Waals surface area contributed by atoms with Crippen LogP contribution >= 0.6 is 46.4 Å². The largest absolute Gasteiger partial charge is 0.313 e. The van der Waals surface area contributed by atoms with E-state index in [1.165, 1.54) is 0 Å². The third-order valence-corrected chi connectivity index (χ3v) is 4.24. The lowest BCUT2D eigenvalue weighted by molar-refractivity contribution is 0.592. The van der Waals surface area contributed by atoms with Crippen molar-refractivity contribution in [3.05, 3.63) is 67.6 Å². The average Bonchev–Trinajstić information content (AvgIpc) is 2.38. The summed E-state index contributed by atoms with van der Waals surface area (Å²) < 4.78 is 0. The Morgan fingerprint density at radius 2 is 1.55 bits per heavy atom. The molecular formula is C15H13Cl4N. The van der Waals surface area contributed by atoms with Gasteiger partial charge in [-0.25, -0.2) is 0 Å². The van der Waals surface area contributed by atoms with Crippen LogP contribution in [0.2, 0.25) is 20.1 Å². The van der Waals surface area contributed by atoms with Crippen LogP contribution in [0.5, 0.6) is 0 Å². The van der Waals surface area contributed by atoms with Crippen molar-refractivity contribution in [2.24, 2.45) is 0 Å². The molecule has 0 bridgehead atoms. The van der Waals surface area contributed by atoms with E-state index >= 15 is 0 Å². The van der Waals surface area contributed by atoms with Crippen LogP contribution in [0, 0.1) is 0 Å². The number of rotatable bonds is 4. The Morgan fingerprint density at radius 1 is 0.900 bits per heavy atom. The molecule has 0 heterocycles. The fourth-order valence-corrected chi connectivity index (χ4v) is 2.93. The van der Waals surface area contributed by atoms with Crippen molar-refractivity contribution in [2.45, 2.75) is 12.5 Å². The monoisotopic (exact) mass is 347 g/mol. The van der Waals surface area contributed by atoms with Gasteiger partial charge in [0.1, 0.15) is 0 Å². The maximum absolute atomic E-state index is 6.05. The first-order valence-electron chi connectivity index (χ1n) is 6.07.